The van der Waals surface area contributed by atoms with Crippen LogP contribution in [0.3, 0.4) is 0 Å². The van der Waals surface area contributed by atoms with E-state index in [0.717, 1.165) is 28.9 Å². The van der Waals surface area contributed by atoms with Gasteiger partial charge in [-0.1, -0.05) is 0 Å². The molecule has 1 N–H and O–H groups in total. The fourth-order valence-electron chi connectivity index (χ4n) is 2.29. The lowest BCUT2D eigenvalue weighted by Gasteiger charge is -2.07. The topological polar surface area (TPSA) is 81.4 Å². The Kier molecular flexibility index (Phi) is 4.50. The second-order valence-electron chi connectivity index (χ2n) is 5.09. The number of hydrogen-bond acceptors (Lipinski definition) is 5. The number of rotatable bonds is 5. The fraction of sp³-hybridized carbons (Fsp3) is 0.200. The van der Waals surface area contributed by atoms with E-state index in [1.165, 1.54) is 4.63 Å². The highest BCUT2D eigenvalue weighted by atomic mass is 19.3. The van der Waals surface area contributed by atoms with Crippen molar-refractivity contribution in [1.82, 2.24) is 25.1 Å². The van der Waals surface area contributed by atoms with Crippen LogP contribution >= 0.6 is 0 Å². The number of amides is 1. The zero-order valence-corrected chi connectivity index (χ0v) is 12.9. The van der Waals surface area contributed by atoms with Crippen LogP contribution in [0.1, 0.15) is 21.5 Å². The third kappa shape index (κ3) is 3.52. The third-order valence-electron chi connectivity index (χ3n) is 3.41. The second-order valence-corrected chi connectivity index (χ2v) is 5.09. The van der Waals surface area contributed by atoms with Crippen molar-refractivity contribution in [1.29, 1.82) is 0 Å². The van der Waals surface area contributed by atoms with Gasteiger partial charge in [0.25, 0.3) is 11.8 Å². The molecule has 0 bridgehead atoms. The lowest BCUT2D eigenvalue weighted by Crippen LogP contribution is -2.23. The monoisotopic (exact) mass is 351 g/mol. The predicted octanol–water partition coefficient (Wildman–Crippen LogP) is 2.10. The number of alkyl halides is 2. The van der Waals surface area contributed by atoms with Crippen LogP contribution in [0.5, 0.6) is 5.88 Å². The van der Waals surface area contributed by atoms with E-state index in [1.54, 1.807) is 12.4 Å². The minimum Gasteiger partial charge on any atom is -0.414 e. The van der Waals surface area contributed by atoms with E-state index < -0.39 is 24.2 Å². The summed E-state index contributed by atoms with van der Waals surface area (Å²) in [5.74, 6) is -2.63. The highest BCUT2D eigenvalue weighted by molar-refractivity contribution is 5.94. The molecule has 0 unspecified atom stereocenters. The lowest BCUT2D eigenvalue weighted by atomic mass is 10.2. The molecule has 0 spiro atoms. The van der Waals surface area contributed by atoms with E-state index >= 15 is 0 Å². The van der Waals surface area contributed by atoms with Crippen LogP contribution in [0, 0.1) is 12.7 Å². The van der Waals surface area contributed by atoms with Crippen LogP contribution in [0.25, 0.3) is 5.52 Å². The van der Waals surface area contributed by atoms with E-state index in [0.29, 0.717) is 0 Å². The minimum atomic E-state index is -3.20. The standard InChI is InChI=1S/C15H12F3N5O2/c1-8-2-3-21-23-12(8)10(7-22-23)6-19-13(24)9-4-11(16)14(20-5-9)25-15(17)18/h2-5,7,15H,6H2,1H3,(H,19,24). The molecule has 0 aliphatic carbocycles. The van der Waals surface area contributed by atoms with Crippen molar-refractivity contribution in [2.45, 2.75) is 20.1 Å². The van der Waals surface area contributed by atoms with Gasteiger partial charge >= 0.3 is 6.61 Å². The van der Waals surface area contributed by atoms with Crippen LogP contribution in [0.15, 0.2) is 30.7 Å². The quantitative estimate of drug-likeness (QED) is 0.761. The molecular formula is C15H12F3N5O2. The van der Waals surface area contributed by atoms with Crippen LogP contribution in [0.4, 0.5) is 13.2 Å². The molecule has 3 heterocycles. The highest BCUT2D eigenvalue weighted by Gasteiger charge is 2.16. The second kappa shape index (κ2) is 6.75. The van der Waals surface area contributed by atoms with Gasteiger partial charge in [-0.15, -0.1) is 0 Å². The molecule has 3 aromatic heterocycles. The Morgan fingerprint density at radius 1 is 1.36 bits per heavy atom. The van der Waals surface area contributed by atoms with Gasteiger partial charge in [0.15, 0.2) is 5.82 Å². The van der Waals surface area contributed by atoms with Crippen LogP contribution in [-0.4, -0.2) is 32.3 Å². The molecule has 0 aromatic carbocycles. The van der Waals surface area contributed by atoms with Gasteiger partial charge in [-0.3, -0.25) is 4.79 Å². The minimum absolute atomic E-state index is 0.120. The maximum absolute atomic E-state index is 13.6. The number of nitrogens with one attached hydrogen (secondary N) is 1. The molecule has 0 atom stereocenters. The Balaban J connectivity index is 1.73. The molecule has 25 heavy (non-hydrogen) atoms. The SMILES string of the molecule is Cc1ccnn2ncc(CNC(=O)c3cnc(OC(F)F)c(F)c3)c12. The number of halogens is 3. The number of nitrogens with zero attached hydrogens (tertiary/aromatic N) is 4. The lowest BCUT2D eigenvalue weighted by molar-refractivity contribution is -0.0553. The molecule has 1 amide bonds. The maximum atomic E-state index is 13.6. The number of hydrogen-bond donors (Lipinski definition) is 1. The molecule has 0 radical (unpaired) electrons. The Morgan fingerprint density at radius 2 is 2.16 bits per heavy atom. The molecule has 0 fully saturated rings. The first-order valence-electron chi connectivity index (χ1n) is 7.12. The van der Waals surface area contributed by atoms with Crippen LogP contribution in [-0.2, 0) is 6.54 Å². The van der Waals surface area contributed by atoms with Crippen molar-refractivity contribution in [2.75, 3.05) is 0 Å². The average Bonchev–Trinajstić information content (AvgIpc) is 2.98. The van der Waals surface area contributed by atoms with Crippen LogP contribution < -0.4 is 10.1 Å². The predicted molar refractivity (Wildman–Crippen MR) is 79.7 cm³/mol. The average molecular weight is 351 g/mol. The summed E-state index contributed by atoms with van der Waals surface area (Å²) in [4.78, 5) is 15.5. The molecule has 3 aromatic rings. The summed E-state index contributed by atoms with van der Waals surface area (Å²) >= 11 is 0. The first kappa shape index (κ1) is 16.7. The summed E-state index contributed by atoms with van der Waals surface area (Å²) in [7, 11) is 0. The largest absolute Gasteiger partial charge is 0.414 e. The number of aromatic nitrogens is 4. The van der Waals surface area contributed by atoms with Gasteiger partial charge < -0.3 is 10.1 Å². The number of pyridine rings is 1. The van der Waals surface area contributed by atoms with Crippen molar-refractivity contribution in [2.24, 2.45) is 0 Å². The summed E-state index contributed by atoms with van der Waals surface area (Å²) < 4.78 is 43.1. The summed E-state index contributed by atoms with van der Waals surface area (Å²) in [5.41, 5.74) is 2.29. The molecule has 3 rings (SSSR count). The molecule has 0 aliphatic heterocycles. The van der Waals surface area contributed by atoms with Gasteiger partial charge in [0.1, 0.15) is 0 Å². The van der Waals surface area contributed by atoms with Gasteiger partial charge in [-0.2, -0.15) is 23.6 Å². The number of fused-ring (bicyclic) bond motifs is 1. The van der Waals surface area contributed by atoms with Crippen molar-refractivity contribution in [3.05, 3.63) is 53.2 Å². The smallest absolute Gasteiger partial charge is 0.388 e. The number of ether oxygens (including phenoxy) is 1. The number of carbonyl (C=O) groups excluding carboxylic acids is 1. The van der Waals surface area contributed by atoms with Gasteiger partial charge in [-0.25, -0.2) is 9.37 Å². The van der Waals surface area contributed by atoms with Crippen molar-refractivity contribution in [3.63, 3.8) is 0 Å². The normalized spacial score (nSPS) is 11.1. The highest BCUT2D eigenvalue weighted by Crippen LogP contribution is 2.17. The zero-order valence-electron chi connectivity index (χ0n) is 12.9. The van der Waals surface area contributed by atoms with Gasteiger partial charge in [0.05, 0.1) is 17.3 Å². The molecule has 10 heteroatoms. The van der Waals surface area contributed by atoms with Gasteiger partial charge in [-0.05, 0) is 24.6 Å². The molecule has 0 saturated heterocycles. The van der Waals surface area contributed by atoms with E-state index in [-0.39, 0.29) is 12.1 Å². The summed E-state index contributed by atoms with van der Waals surface area (Å²) in [5, 5.41) is 10.7. The van der Waals surface area contributed by atoms with Crippen molar-refractivity contribution in [3.8, 4) is 5.88 Å². The Bertz CT molecular complexity index is 929. The van der Waals surface area contributed by atoms with E-state index in [4.69, 9.17) is 0 Å². The Hall–Kier alpha value is -3.17. The molecule has 0 aliphatic rings. The Labute approximate surface area is 139 Å². The Morgan fingerprint density at radius 3 is 2.88 bits per heavy atom. The fourth-order valence-corrected chi connectivity index (χ4v) is 2.29. The summed E-state index contributed by atoms with van der Waals surface area (Å²) in [6, 6.07) is 2.59. The third-order valence-corrected chi connectivity index (χ3v) is 3.41. The first-order chi connectivity index (χ1) is 12.0. The first-order valence-corrected chi connectivity index (χ1v) is 7.12. The maximum Gasteiger partial charge on any atom is 0.388 e. The summed E-state index contributed by atoms with van der Waals surface area (Å²) in [6.45, 7) is -1.19. The summed E-state index contributed by atoms with van der Waals surface area (Å²) in [6.07, 6.45) is 4.13. The zero-order chi connectivity index (χ0) is 18.0. The van der Waals surface area contributed by atoms with Gasteiger partial charge in [0.2, 0.25) is 0 Å². The molecular weight excluding hydrogens is 339 g/mol. The van der Waals surface area contributed by atoms with Gasteiger partial charge in [0, 0.05) is 24.5 Å². The van der Waals surface area contributed by atoms with E-state index in [1.807, 2.05) is 13.0 Å². The van der Waals surface area contributed by atoms with Crippen molar-refractivity contribution >= 4 is 11.4 Å². The molecule has 7 nitrogen and oxygen atoms in total. The number of carbonyl (C=O) groups is 1. The van der Waals surface area contributed by atoms with Crippen molar-refractivity contribution < 1.29 is 22.7 Å². The molecule has 0 saturated carbocycles. The van der Waals surface area contributed by atoms with Crippen LogP contribution in [0.2, 0.25) is 0 Å². The molecule has 130 valence electrons. The van der Waals surface area contributed by atoms with E-state index in [9.17, 15) is 18.0 Å². The number of aryl methyl sites for hydroxylation is 1. The van der Waals surface area contributed by atoms with E-state index in [2.05, 4.69) is 25.2 Å².